The van der Waals surface area contributed by atoms with Gasteiger partial charge in [0.2, 0.25) is 0 Å². The molecule has 0 amide bonds. The lowest BCUT2D eigenvalue weighted by molar-refractivity contribution is 0.609. The van der Waals surface area contributed by atoms with Crippen molar-refractivity contribution < 1.29 is 4.39 Å². The molecule has 0 spiro atoms. The number of halogens is 1. The molecule has 0 unspecified atom stereocenters. The fraction of sp³-hybridized carbons (Fsp3) is 0.500. The van der Waals surface area contributed by atoms with Crippen molar-refractivity contribution in [2.24, 2.45) is 0 Å². The Kier molecular flexibility index (Phi) is 0.860. The van der Waals surface area contributed by atoms with E-state index in [1.54, 1.807) is 4.68 Å². The van der Waals surface area contributed by atoms with E-state index in [1.807, 2.05) is 0 Å². The Morgan fingerprint density at radius 2 is 2.44 bits per heavy atom. The van der Waals surface area contributed by atoms with E-state index in [0.29, 0.717) is 6.04 Å². The summed E-state index contributed by atoms with van der Waals surface area (Å²) < 4.78 is 13.9. The van der Waals surface area contributed by atoms with Gasteiger partial charge in [-0.2, -0.15) is 5.10 Å². The average molecular weight is 126 g/mol. The summed E-state index contributed by atoms with van der Waals surface area (Å²) in [5, 5.41) is 3.82. The first-order valence-electron chi connectivity index (χ1n) is 3.06. The second kappa shape index (κ2) is 1.56. The Hall–Kier alpha value is -0.860. The Morgan fingerprint density at radius 3 is 2.89 bits per heavy atom. The van der Waals surface area contributed by atoms with E-state index in [9.17, 15) is 4.39 Å². The second-order valence-electron chi connectivity index (χ2n) is 2.37. The molecule has 0 aromatic carbocycles. The molecule has 1 aliphatic carbocycles. The summed E-state index contributed by atoms with van der Waals surface area (Å²) in [7, 11) is 0. The Labute approximate surface area is 52.3 Å². The zero-order valence-corrected chi connectivity index (χ0v) is 4.92. The number of aromatic nitrogens is 2. The zero-order chi connectivity index (χ0) is 6.27. The van der Waals surface area contributed by atoms with Crippen LogP contribution in [-0.2, 0) is 0 Å². The summed E-state index contributed by atoms with van der Waals surface area (Å²) in [6, 6.07) is 0.495. The van der Waals surface area contributed by atoms with Crippen LogP contribution in [0.2, 0.25) is 0 Å². The minimum Gasteiger partial charge on any atom is -0.267 e. The van der Waals surface area contributed by atoms with E-state index in [4.69, 9.17) is 0 Å². The molecule has 0 N–H and O–H groups in total. The first-order valence-corrected chi connectivity index (χ1v) is 3.06. The van der Waals surface area contributed by atoms with Gasteiger partial charge in [0.1, 0.15) is 0 Å². The molecule has 0 bridgehead atoms. The first-order chi connectivity index (χ1) is 4.36. The maximum Gasteiger partial charge on any atom is 0.161 e. The summed E-state index contributed by atoms with van der Waals surface area (Å²) in [5.74, 6) is -0.234. The van der Waals surface area contributed by atoms with Crippen molar-refractivity contribution in [1.29, 1.82) is 0 Å². The van der Waals surface area contributed by atoms with Crippen LogP contribution in [0.15, 0.2) is 12.4 Å². The third kappa shape index (κ3) is 0.823. The molecule has 0 atom stereocenters. The van der Waals surface area contributed by atoms with Gasteiger partial charge in [-0.15, -0.1) is 0 Å². The second-order valence-corrected chi connectivity index (χ2v) is 2.37. The minimum atomic E-state index is -0.234. The van der Waals surface area contributed by atoms with Crippen molar-refractivity contribution >= 4 is 0 Å². The fourth-order valence-corrected chi connectivity index (χ4v) is 0.854. The normalized spacial score (nSPS) is 18.3. The first kappa shape index (κ1) is 4.97. The molecule has 1 heterocycles. The summed E-state index contributed by atoms with van der Waals surface area (Å²) >= 11 is 0. The molecule has 1 fully saturated rings. The van der Waals surface area contributed by atoms with Gasteiger partial charge in [-0.3, -0.25) is 4.68 Å². The van der Waals surface area contributed by atoms with E-state index in [0.717, 1.165) is 12.8 Å². The smallest absolute Gasteiger partial charge is 0.161 e. The molecule has 1 aromatic rings. The summed E-state index contributed by atoms with van der Waals surface area (Å²) in [6.07, 6.45) is 5.00. The largest absolute Gasteiger partial charge is 0.267 e. The lowest BCUT2D eigenvalue weighted by Gasteiger charge is -1.90. The third-order valence-electron chi connectivity index (χ3n) is 1.49. The van der Waals surface area contributed by atoms with Gasteiger partial charge in [0.15, 0.2) is 5.82 Å². The Bertz CT molecular complexity index is 215. The summed E-state index contributed by atoms with van der Waals surface area (Å²) in [5.41, 5.74) is 0. The van der Waals surface area contributed by atoms with Gasteiger partial charge in [0.25, 0.3) is 0 Å². The van der Waals surface area contributed by atoms with E-state index < -0.39 is 0 Å². The lowest BCUT2D eigenvalue weighted by atomic mass is 10.7. The Morgan fingerprint density at radius 1 is 1.67 bits per heavy atom. The fourth-order valence-electron chi connectivity index (χ4n) is 0.854. The van der Waals surface area contributed by atoms with Crippen molar-refractivity contribution in [1.82, 2.24) is 9.78 Å². The molecule has 0 radical (unpaired) electrons. The van der Waals surface area contributed by atoms with E-state index in [2.05, 4.69) is 5.10 Å². The molecule has 3 heteroatoms. The van der Waals surface area contributed by atoms with Crippen LogP contribution in [0.25, 0.3) is 0 Å². The highest BCUT2D eigenvalue weighted by molar-refractivity contribution is 4.90. The number of nitrogens with zero attached hydrogens (tertiary/aromatic N) is 2. The van der Waals surface area contributed by atoms with Crippen molar-refractivity contribution in [3.05, 3.63) is 18.2 Å². The SMILES string of the molecule is Fc1cnn(C2CC2)c1. The van der Waals surface area contributed by atoms with Crippen LogP contribution in [0.3, 0.4) is 0 Å². The van der Waals surface area contributed by atoms with Crippen LogP contribution >= 0.6 is 0 Å². The summed E-state index contributed by atoms with van der Waals surface area (Å²) in [6.45, 7) is 0. The highest BCUT2D eigenvalue weighted by Gasteiger charge is 2.23. The van der Waals surface area contributed by atoms with Crippen LogP contribution < -0.4 is 0 Å². The molecule has 2 rings (SSSR count). The third-order valence-corrected chi connectivity index (χ3v) is 1.49. The highest BCUT2D eigenvalue weighted by Crippen LogP contribution is 2.33. The minimum absolute atomic E-state index is 0.234. The van der Waals surface area contributed by atoms with Crippen molar-refractivity contribution in [3.8, 4) is 0 Å². The predicted octanol–water partition coefficient (Wildman–Crippen LogP) is 1.36. The van der Waals surface area contributed by atoms with Gasteiger partial charge in [-0.25, -0.2) is 4.39 Å². The van der Waals surface area contributed by atoms with Crippen molar-refractivity contribution in [3.63, 3.8) is 0 Å². The van der Waals surface area contributed by atoms with Gasteiger partial charge >= 0.3 is 0 Å². The van der Waals surface area contributed by atoms with E-state index >= 15 is 0 Å². The number of rotatable bonds is 1. The Balaban J connectivity index is 2.28. The molecule has 1 aromatic heterocycles. The average Bonchev–Trinajstić information content (AvgIpc) is 2.58. The molecule has 1 aliphatic rings. The molecule has 9 heavy (non-hydrogen) atoms. The standard InChI is InChI=1S/C6H7FN2/c7-5-3-8-9(4-5)6-1-2-6/h3-4,6H,1-2H2. The number of hydrogen-bond donors (Lipinski definition) is 0. The lowest BCUT2D eigenvalue weighted by Crippen LogP contribution is -1.91. The topological polar surface area (TPSA) is 17.8 Å². The van der Waals surface area contributed by atoms with Crippen molar-refractivity contribution in [2.45, 2.75) is 18.9 Å². The van der Waals surface area contributed by atoms with Crippen LogP contribution in [0.1, 0.15) is 18.9 Å². The van der Waals surface area contributed by atoms with Crippen LogP contribution in [0.5, 0.6) is 0 Å². The van der Waals surface area contributed by atoms with Gasteiger partial charge in [0, 0.05) is 0 Å². The van der Waals surface area contributed by atoms with Gasteiger partial charge in [-0.1, -0.05) is 0 Å². The molecular formula is C6H7FN2. The molecule has 0 aliphatic heterocycles. The molecule has 48 valence electrons. The number of hydrogen-bond acceptors (Lipinski definition) is 1. The van der Waals surface area contributed by atoms with Crippen LogP contribution in [-0.4, -0.2) is 9.78 Å². The maximum atomic E-state index is 12.2. The molecule has 0 saturated heterocycles. The van der Waals surface area contributed by atoms with E-state index in [-0.39, 0.29) is 5.82 Å². The predicted molar refractivity (Wildman–Crippen MR) is 30.5 cm³/mol. The van der Waals surface area contributed by atoms with Gasteiger partial charge in [-0.05, 0) is 12.8 Å². The summed E-state index contributed by atoms with van der Waals surface area (Å²) in [4.78, 5) is 0. The monoisotopic (exact) mass is 126 g/mol. The van der Waals surface area contributed by atoms with Gasteiger partial charge in [0.05, 0.1) is 18.4 Å². The molecular weight excluding hydrogens is 119 g/mol. The maximum absolute atomic E-state index is 12.2. The highest BCUT2D eigenvalue weighted by atomic mass is 19.1. The quantitative estimate of drug-likeness (QED) is 0.555. The van der Waals surface area contributed by atoms with Crippen LogP contribution in [0, 0.1) is 5.82 Å². The zero-order valence-electron chi connectivity index (χ0n) is 4.92. The molecule has 2 nitrogen and oxygen atoms in total. The van der Waals surface area contributed by atoms with Crippen molar-refractivity contribution in [2.75, 3.05) is 0 Å². The van der Waals surface area contributed by atoms with Crippen LogP contribution in [0.4, 0.5) is 4.39 Å². The molecule has 1 saturated carbocycles. The van der Waals surface area contributed by atoms with Gasteiger partial charge < -0.3 is 0 Å². The van der Waals surface area contributed by atoms with E-state index in [1.165, 1.54) is 12.4 Å².